The highest BCUT2D eigenvalue weighted by atomic mass is 16.5. The van der Waals surface area contributed by atoms with Crippen LogP contribution < -0.4 is 15.2 Å². The molecule has 1 fully saturated rings. The zero-order valence-electron chi connectivity index (χ0n) is 12.7. The van der Waals surface area contributed by atoms with Crippen molar-refractivity contribution in [2.45, 2.75) is 25.8 Å². The Labute approximate surface area is 126 Å². The van der Waals surface area contributed by atoms with Gasteiger partial charge in [-0.25, -0.2) is 0 Å². The first-order chi connectivity index (χ1) is 10.1. The lowest BCUT2D eigenvalue weighted by Crippen LogP contribution is -2.46. The number of piperidine rings is 1. The van der Waals surface area contributed by atoms with E-state index < -0.39 is 0 Å². The summed E-state index contributed by atoms with van der Waals surface area (Å²) in [5.74, 6) is 1.76. The van der Waals surface area contributed by atoms with E-state index in [0.29, 0.717) is 11.7 Å². The van der Waals surface area contributed by atoms with Crippen LogP contribution in [0.3, 0.4) is 0 Å². The molecule has 0 radical (unpaired) electrons. The summed E-state index contributed by atoms with van der Waals surface area (Å²) < 4.78 is 10.7. The lowest BCUT2D eigenvalue weighted by molar-refractivity contribution is -0.135. The average Bonchev–Trinajstić information content (AvgIpc) is 2.53. The highest BCUT2D eigenvalue weighted by molar-refractivity contribution is 5.77. The number of hydrogen-bond donors (Lipinski definition) is 1. The van der Waals surface area contributed by atoms with Crippen molar-refractivity contribution in [1.29, 1.82) is 0 Å². The quantitative estimate of drug-likeness (QED) is 0.896. The summed E-state index contributed by atoms with van der Waals surface area (Å²) in [6, 6.07) is 7.39. The standard InChI is InChI=1S/C16H24N2O3/c1-12(17)13-5-4-8-18(10-13)16(19)11-21-15-7-3-6-14(9-15)20-2/h3,6-7,9,12-13H,4-5,8,10-11,17H2,1-2H3/t12-,13+/m1/s1. The molecule has 0 bridgehead atoms. The maximum atomic E-state index is 12.2. The molecule has 1 heterocycles. The summed E-state index contributed by atoms with van der Waals surface area (Å²) in [4.78, 5) is 14.1. The lowest BCUT2D eigenvalue weighted by atomic mass is 9.92. The molecule has 0 saturated carbocycles. The van der Waals surface area contributed by atoms with Crippen molar-refractivity contribution in [3.05, 3.63) is 24.3 Å². The molecule has 116 valence electrons. The second kappa shape index (κ2) is 7.31. The molecule has 0 spiro atoms. The zero-order chi connectivity index (χ0) is 15.2. The third kappa shape index (κ3) is 4.36. The number of nitrogens with zero attached hydrogens (tertiary/aromatic N) is 1. The van der Waals surface area contributed by atoms with E-state index >= 15 is 0 Å². The summed E-state index contributed by atoms with van der Waals surface area (Å²) in [7, 11) is 1.60. The van der Waals surface area contributed by atoms with Crippen LogP contribution in [0.15, 0.2) is 24.3 Å². The summed E-state index contributed by atoms with van der Waals surface area (Å²) in [5.41, 5.74) is 5.94. The van der Waals surface area contributed by atoms with Gasteiger partial charge in [-0.2, -0.15) is 0 Å². The predicted molar refractivity (Wildman–Crippen MR) is 81.4 cm³/mol. The van der Waals surface area contributed by atoms with Gasteiger partial charge < -0.3 is 20.1 Å². The van der Waals surface area contributed by atoms with E-state index in [-0.39, 0.29) is 18.6 Å². The summed E-state index contributed by atoms with van der Waals surface area (Å²) in [5, 5.41) is 0. The van der Waals surface area contributed by atoms with E-state index in [1.54, 1.807) is 13.2 Å². The van der Waals surface area contributed by atoms with Gasteiger partial charge in [0.1, 0.15) is 11.5 Å². The van der Waals surface area contributed by atoms with Crippen molar-refractivity contribution in [2.24, 2.45) is 11.7 Å². The summed E-state index contributed by atoms with van der Waals surface area (Å²) >= 11 is 0. The van der Waals surface area contributed by atoms with Crippen LogP contribution in [0.1, 0.15) is 19.8 Å². The Kier molecular flexibility index (Phi) is 5.44. The lowest BCUT2D eigenvalue weighted by Gasteiger charge is -2.34. The highest BCUT2D eigenvalue weighted by Crippen LogP contribution is 2.21. The first-order valence-corrected chi connectivity index (χ1v) is 7.40. The van der Waals surface area contributed by atoms with Gasteiger partial charge in [0.15, 0.2) is 6.61 Å². The van der Waals surface area contributed by atoms with Crippen LogP contribution in [0.2, 0.25) is 0 Å². The molecule has 0 aliphatic carbocycles. The normalized spacial score (nSPS) is 20.0. The first kappa shape index (κ1) is 15.6. The van der Waals surface area contributed by atoms with Crippen molar-refractivity contribution >= 4 is 5.91 Å². The van der Waals surface area contributed by atoms with Crippen LogP contribution >= 0.6 is 0 Å². The number of nitrogens with two attached hydrogens (primary N) is 1. The largest absolute Gasteiger partial charge is 0.497 e. The number of benzene rings is 1. The van der Waals surface area contributed by atoms with Crippen LogP contribution in [0.4, 0.5) is 0 Å². The number of hydrogen-bond acceptors (Lipinski definition) is 4. The third-order valence-corrected chi connectivity index (χ3v) is 3.96. The number of ether oxygens (including phenoxy) is 2. The molecule has 5 nitrogen and oxygen atoms in total. The Hall–Kier alpha value is -1.75. The number of amides is 1. The van der Waals surface area contributed by atoms with Crippen LogP contribution in [-0.2, 0) is 4.79 Å². The van der Waals surface area contributed by atoms with E-state index in [1.807, 2.05) is 30.0 Å². The van der Waals surface area contributed by atoms with E-state index in [1.165, 1.54) is 0 Å². The maximum Gasteiger partial charge on any atom is 0.260 e. The van der Waals surface area contributed by atoms with Gasteiger partial charge in [0, 0.05) is 25.2 Å². The zero-order valence-corrected chi connectivity index (χ0v) is 12.7. The first-order valence-electron chi connectivity index (χ1n) is 7.40. The Morgan fingerprint density at radius 3 is 2.95 bits per heavy atom. The Morgan fingerprint density at radius 2 is 2.24 bits per heavy atom. The van der Waals surface area contributed by atoms with Gasteiger partial charge in [-0.1, -0.05) is 6.07 Å². The average molecular weight is 292 g/mol. The fourth-order valence-electron chi connectivity index (χ4n) is 2.59. The Morgan fingerprint density at radius 1 is 1.48 bits per heavy atom. The van der Waals surface area contributed by atoms with Crippen LogP contribution in [0.5, 0.6) is 11.5 Å². The maximum absolute atomic E-state index is 12.2. The van der Waals surface area contributed by atoms with Crippen LogP contribution in [0, 0.1) is 5.92 Å². The van der Waals surface area contributed by atoms with E-state index in [0.717, 1.165) is 31.7 Å². The predicted octanol–water partition coefficient (Wildman–Crippen LogP) is 1.66. The molecule has 1 amide bonds. The van der Waals surface area contributed by atoms with E-state index in [4.69, 9.17) is 15.2 Å². The van der Waals surface area contributed by atoms with Gasteiger partial charge in [0.25, 0.3) is 5.91 Å². The van der Waals surface area contributed by atoms with E-state index in [9.17, 15) is 4.79 Å². The molecule has 1 aliphatic heterocycles. The van der Waals surface area contributed by atoms with Crippen molar-refractivity contribution in [3.8, 4) is 11.5 Å². The molecule has 2 N–H and O–H groups in total. The number of methoxy groups -OCH3 is 1. The second-order valence-electron chi connectivity index (χ2n) is 5.57. The van der Waals surface area contributed by atoms with E-state index in [2.05, 4.69) is 0 Å². The third-order valence-electron chi connectivity index (χ3n) is 3.96. The Balaban J connectivity index is 1.86. The molecule has 21 heavy (non-hydrogen) atoms. The van der Waals surface area contributed by atoms with Gasteiger partial charge in [-0.15, -0.1) is 0 Å². The molecule has 2 rings (SSSR count). The smallest absolute Gasteiger partial charge is 0.260 e. The number of likely N-dealkylation sites (tertiary alicyclic amines) is 1. The number of carbonyl (C=O) groups excluding carboxylic acids is 1. The molecule has 0 unspecified atom stereocenters. The fourth-order valence-corrected chi connectivity index (χ4v) is 2.59. The molecule has 2 atom stereocenters. The van der Waals surface area contributed by atoms with Gasteiger partial charge in [-0.3, -0.25) is 4.79 Å². The van der Waals surface area contributed by atoms with Gasteiger partial charge >= 0.3 is 0 Å². The minimum absolute atomic E-state index is 0.0168. The number of carbonyl (C=O) groups is 1. The van der Waals surface area contributed by atoms with Gasteiger partial charge in [0.2, 0.25) is 0 Å². The monoisotopic (exact) mass is 292 g/mol. The minimum atomic E-state index is 0.0168. The minimum Gasteiger partial charge on any atom is -0.497 e. The molecular weight excluding hydrogens is 268 g/mol. The molecule has 0 aromatic heterocycles. The second-order valence-corrected chi connectivity index (χ2v) is 5.57. The van der Waals surface area contributed by atoms with Crippen LogP contribution in [0.25, 0.3) is 0 Å². The topological polar surface area (TPSA) is 64.8 Å². The summed E-state index contributed by atoms with van der Waals surface area (Å²) in [6.45, 7) is 3.59. The summed E-state index contributed by atoms with van der Waals surface area (Å²) in [6.07, 6.45) is 2.11. The SMILES string of the molecule is COc1cccc(OCC(=O)N2CCC[C@H]([C@@H](C)N)C2)c1. The van der Waals surface area contributed by atoms with Crippen molar-refractivity contribution in [3.63, 3.8) is 0 Å². The van der Waals surface area contributed by atoms with Gasteiger partial charge in [0.05, 0.1) is 7.11 Å². The van der Waals surface area contributed by atoms with Gasteiger partial charge in [-0.05, 0) is 37.8 Å². The molecule has 1 saturated heterocycles. The van der Waals surface area contributed by atoms with Crippen molar-refractivity contribution in [1.82, 2.24) is 4.90 Å². The Bertz CT molecular complexity index is 476. The highest BCUT2D eigenvalue weighted by Gasteiger charge is 2.25. The van der Waals surface area contributed by atoms with Crippen molar-refractivity contribution in [2.75, 3.05) is 26.8 Å². The van der Waals surface area contributed by atoms with Crippen molar-refractivity contribution < 1.29 is 14.3 Å². The molecule has 1 aliphatic rings. The molecule has 5 heteroatoms. The molecule has 1 aromatic carbocycles. The van der Waals surface area contributed by atoms with Crippen LogP contribution in [-0.4, -0.2) is 43.7 Å². The number of rotatable bonds is 5. The molecular formula is C16H24N2O3. The fraction of sp³-hybridized carbons (Fsp3) is 0.562. The molecule has 1 aromatic rings.